The van der Waals surface area contributed by atoms with Gasteiger partial charge in [0.1, 0.15) is 11.9 Å². The summed E-state index contributed by atoms with van der Waals surface area (Å²) in [7, 11) is 0. The second-order valence-electron chi connectivity index (χ2n) is 5.67. The van der Waals surface area contributed by atoms with Gasteiger partial charge < -0.3 is 19.7 Å². The molecular formula is C16H20N2O4. The molecule has 2 heterocycles. The molecule has 0 aliphatic carbocycles. The molecule has 1 aromatic carbocycles. The molecule has 0 spiro atoms. The molecule has 118 valence electrons. The van der Waals surface area contributed by atoms with Crippen LogP contribution in [0.1, 0.15) is 29.3 Å². The molecule has 6 heteroatoms. The van der Waals surface area contributed by atoms with Gasteiger partial charge in [-0.25, -0.2) is 4.79 Å². The number of carbonyl (C=O) groups is 2. The van der Waals surface area contributed by atoms with Crippen LogP contribution >= 0.6 is 0 Å². The minimum atomic E-state index is -0.302. The Morgan fingerprint density at radius 2 is 2.32 bits per heavy atom. The summed E-state index contributed by atoms with van der Waals surface area (Å²) < 4.78 is 10.6. The Morgan fingerprint density at radius 3 is 3.14 bits per heavy atom. The first-order valence-electron chi connectivity index (χ1n) is 7.63. The summed E-state index contributed by atoms with van der Waals surface area (Å²) in [5.41, 5.74) is 1.69. The lowest BCUT2D eigenvalue weighted by Gasteiger charge is -2.26. The highest BCUT2D eigenvalue weighted by molar-refractivity contribution is 5.94. The van der Waals surface area contributed by atoms with Gasteiger partial charge in [-0.3, -0.25) is 4.79 Å². The number of benzene rings is 1. The van der Waals surface area contributed by atoms with Crippen LogP contribution in [-0.2, 0) is 11.2 Å². The Bertz CT molecular complexity index is 588. The van der Waals surface area contributed by atoms with Gasteiger partial charge >= 0.3 is 6.09 Å². The first-order chi connectivity index (χ1) is 10.6. The Morgan fingerprint density at radius 1 is 1.45 bits per heavy atom. The summed E-state index contributed by atoms with van der Waals surface area (Å²) in [6, 6.07) is 5.49. The van der Waals surface area contributed by atoms with E-state index in [0.717, 1.165) is 24.2 Å². The molecule has 1 N–H and O–H groups in total. The molecule has 0 aromatic heterocycles. The predicted octanol–water partition coefficient (Wildman–Crippen LogP) is 1.58. The van der Waals surface area contributed by atoms with E-state index in [-0.39, 0.29) is 18.1 Å². The van der Waals surface area contributed by atoms with E-state index in [1.807, 2.05) is 19.1 Å². The summed E-state index contributed by atoms with van der Waals surface area (Å²) in [5, 5.41) is 2.84. The normalized spacial score (nSPS) is 20.1. The number of hydrogen-bond acceptors (Lipinski definition) is 4. The standard InChI is InChI=1S/C16H20N2O4/c1-11-9-13-10-12(3-4-14(13)22-11)15(19)17-5-7-18-6-2-8-21-16(18)20/h3-4,10-11H,2,5-9H2,1H3,(H,17,19)/t11-/m0/s1. The summed E-state index contributed by atoms with van der Waals surface area (Å²) in [6.45, 7) is 4.06. The van der Waals surface area contributed by atoms with E-state index < -0.39 is 0 Å². The van der Waals surface area contributed by atoms with E-state index in [1.54, 1.807) is 11.0 Å². The molecule has 1 aromatic rings. The zero-order valence-electron chi connectivity index (χ0n) is 12.6. The minimum Gasteiger partial charge on any atom is -0.490 e. The molecule has 0 bridgehead atoms. The number of nitrogens with zero attached hydrogens (tertiary/aromatic N) is 1. The maximum Gasteiger partial charge on any atom is 0.409 e. The summed E-state index contributed by atoms with van der Waals surface area (Å²) >= 11 is 0. The number of carbonyl (C=O) groups excluding carboxylic acids is 2. The van der Waals surface area contributed by atoms with Gasteiger partial charge in [0.05, 0.1) is 6.61 Å². The van der Waals surface area contributed by atoms with Crippen molar-refractivity contribution in [3.05, 3.63) is 29.3 Å². The fourth-order valence-electron chi connectivity index (χ4n) is 2.77. The quantitative estimate of drug-likeness (QED) is 0.917. The van der Waals surface area contributed by atoms with Gasteiger partial charge in [-0.05, 0) is 37.1 Å². The molecule has 1 fully saturated rings. The zero-order valence-corrected chi connectivity index (χ0v) is 12.6. The van der Waals surface area contributed by atoms with Crippen LogP contribution in [0.5, 0.6) is 5.75 Å². The molecule has 0 radical (unpaired) electrons. The number of nitrogens with one attached hydrogen (secondary N) is 1. The lowest BCUT2D eigenvalue weighted by atomic mass is 10.1. The molecule has 2 amide bonds. The van der Waals surface area contributed by atoms with Crippen LogP contribution < -0.4 is 10.1 Å². The summed E-state index contributed by atoms with van der Waals surface area (Å²) in [5.74, 6) is 0.729. The number of ether oxygens (including phenoxy) is 2. The average molecular weight is 304 g/mol. The van der Waals surface area contributed by atoms with E-state index in [0.29, 0.717) is 31.8 Å². The SMILES string of the molecule is C[C@H]1Cc2cc(C(=O)NCCN3CCCOC3=O)ccc2O1. The van der Waals surface area contributed by atoms with Crippen LogP contribution in [0, 0.1) is 0 Å². The monoisotopic (exact) mass is 304 g/mol. The van der Waals surface area contributed by atoms with Gasteiger partial charge in [-0.15, -0.1) is 0 Å². The lowest BCUT2D eigenvalue weighted by Crippen LogP contribution is -2.42. The van der Waals surface area contributed by atoms with Gasteiger partial charge in [-0.1, -0.05) is 0 Å². The summed E-state index contributed by atoms with van der Waals surface area (Å²) in [4.78, 5) is 25.3. The molecule has 3 rings (SSSR count). The van der Waals surface area contributed by atoms with E-state index in [9.17, 15) is 9.59 Å². The van der Waals surface area contributed by atoms with Crippen molar-refractivity contribution in [2.24, 2.45) is 0 Å². The third kappa shape index (κ3) is 3.16. The van der Waals surface area contributed by atoms with E-state index in [4.69, 9.17) is 9.47 Å². The minimum absolute atomic E-state index is 0.132. The van der Waals surface area contributed by atoms with Gasteiger partial charge in [0.25, 0.3) is 5.91 Å². The number of cyclic esters (lactones) is 1. The molecule has 1 atom stereocenters. The predicted molar refractivity (Wildman–Crippen MR) is 80.1 cm³/mol. The molecule has 0 unspecified atom stereocenters. The Balaban J connectivity index is 1.52. The maximum absolute atomic E-state index is 12.2. The third-order valence-corrected chi connectivity index (χ3v) is 3.88. The first-order valence-corrected chi connectivity index (χ1v) is 7.63. The lowest BCUT2D eigenvalue weighted by molar-refractivity contribution is 0.0719. The Kier molecular flexibility index (Phi) is 4.18. The average Bonchev–Trinajstić information content (AvgIpc) is 2.88. The van der Waals surface area contributed by atoms with Gasteiger partial charge in [0.15, 0.2) is 0 Å². The van der Waals surface area contributed by atoms with E-state index in [1.165, 1.54) is 0 Å². The molecular weight excluding hydrogens is 284 g/mol. The van der Waals surface area contributed by atoms with Crippen molar-refractivity contribution in [2.75, 3.05) is 26.2 Å². The maximum atomic E-state index is 12.2. The Labute approximate surface area is 129 Å². The van der Waals surface area contributed by atoms with Crippen molar-refractivity contribution < 1.29 is 19.1 Å². The highest BCUT2D eigenvalue weighted by atomic mass is 16.6. The van der Waals surface area contributed by atoms with Crippen molar-refractivity contribution in [1.82, 2.24) is 10.2 Å². The van der Waals surface area contributed by atoms with Gasteiger partial charge in [0.2, 0.25) is 0 Å². The van der Waals surface area contributed by atoms with Crippen molar-refractivity contribution in [2.45, 2.75) is 25.9 Å². The van der Waals surface area contributed by atoms with Crippen LogP contribution in [0.2, 0.25) is 0 Å². The smallest absolute Gasteiger partial charge is 0.409 e. The zero-order chi connectivity index (χ0) is 15.5. The fraction of sp³-hybridized carbons (Fsp3) is 0.500. The molecule has 2 aliphatic heterocycles. The second kappa shape index (κ2) is 6.25. The van der Waals surface area contributed by atoms with Gasteiger partial charge in [0, 0.05) is 31.6 Å². The van der Waals surface area contributed by atoms with Gasteiger partial charge in [-0.2, -0.15) is 0 Å². The Hall–Kier alpha value is -2.24. The van der Waals surface area contributed by atoms with Crippen molar-refractivity contribution >= 4 is 12.0 Å². The van der Waals surface area contributed by atoms with Crippen molar-refractivity contribution in [3.63, 3.8) is 0 Å². The topological polar surface area (TPSA) is 67.9 Å². The molecule has 6 nitrogen and oxygen atoms in total. The summed E-state index contributed by atoms with van der Waals surface area (Å²) in [6.07, 6.45) is 1.53. The van der Waals surface area contributed by atoms with Crippen molar-refractivity contribution in [3.8, 4) is 5.75 Å². The third-order valence-electron chi connectivity index (χ3n) is 3.88. The van der Waals surface area contributed by atoms with Crippen LogP contribution in [0.25, 0.3) is 0 Å². The van der Waals surface area contributed by atoms with Crippen LogP contribution in [0.15, 0.2) is 18.2 Å². The van der Waals surface area contributed by atoms with Crippen LogP contribution in [0.3, 0.4) is 0 Å². The molecule has 0 saturated carbocycles. The number of amides is 2. The van der Waals surface area contributed by atoms with Crippen LogP contribution in [-0.4, -0.2) is 49.2 Å². The first kappa shape index (κ1) is 14.7. The molecule has 2 aliphatic rings. The number of fused-ring (bicyclic) bond motifs is 1. The molecule has 1 saturated heterocycles. The fourth-order valence-corrected chi connectivity index (χ4v) is 2.77. The number of hydrogen-bond donors (Lipinski definition) is 1. The molecule has 22 heavy (non-hydrogen) atoms. The highest BCUT2D eigenvalue weighted by Gasteiger charge is 2.21. The second-order valence-corrected chi connectivity index (χ2v) is 5.67. The van der Waals surface area contributed by atoms with Crippen molar-refractivity contribution in [1.29, 1.82) is 0 Å². The van der Waals surface area contributed by atoms with Crippen LogP contribution in [0.4, 0.5) is 4.79 Å². The largest absolute Gasteiger partial charge is 0.490 e. The van der Waals surface area contributed by atoms with E-state index in [2.05, 4.69) is 5.32 Å². The highest BCUT2D eigenvalue weighted by Crippen LogP contribution is 2.29. The van der Waals surface area contributed by atoms with E-state index >= 15 is 0 Å². The number of rotatable bonds is 4.